The molecule has 0 aliphatic rings. The first kappa shape index (κ1) is 13.7. The van der Waals surface area contributed by atoms with E-state index in [0.29, 0.717) is 12.4 Å². The smallest absolute Gasteiger partial charge is 0.142 e. The van der Waals surface area contributed by atoms with E-state index < -0.39 is 5.82 Å². The van der Waals surface area contributed by atoms with Gasteiger partial charge in [-0.25, -0.2) is 4.39 Å². The molecule has 4 heteroatoms. The van der Waals surface area contributed by atoms with E-state index in [1.807, 2.05) is 24.3 Å². The highest BCUT2D eigenvalue weighted by molar-refractivity contribution is 6.30. The number of benzene rings is 2. The van der Waals surface area contributed by atoms with Crippen LogP contribution in [0.2, 0.25) is 5.02 Å². The quantitative estimate of drug-likeness (QED) is 0.661. The molecule has 0 heterocycles. The summed E-state index contributed by atoms with van der Waals surface area (Å²) in [5.74, 6) is 0.146. The van der Waals surface area contributed by atoms with Gasteiger partial charge in [0.2, 0.25) is 0 Å². The standard InChI is InChI=1S/C15H15ClFNO/c16-14-10-13(6-7-15(14)17)19-8-2-4-11-3-1-5-12(18)9-11/h1,3,5-7,9-10H,2,4,8,18H2. The van der Waals surface area contributed by atoms with Crippen LogP contribution in [0.1, 0.15) is 12.0 Å². The fourth-order valence-corrected chi connectivity index (χ4v) is 1.95. The van der Waals surface area contributed by atoms with Gasteiger partial charge < -0.3 is 10.5 Å². The minimum absolute atomic E-state index is 0.0772. The molecule has 0 amide bonds. The van der Waals surface area contributed by atoms with Crippen LogP contribution < -0.4 is 10.5 Å². The Balaban J connectivity index is 1.79. The lowest BCUT2D eigenvalue weighted by Crippen LogP contribution is -2.00. The van der Waals surface area contributed by atoms with Crippen molar-refractivity contribution in [3.63, 3.8) is 0 Å². The van der Waals surface area contributed by atoms with Crippen LogP contribution in [0.5, 0.6) is 5.75 Å². The molecule has 0 aromatic heterocycles. The zero-order valence-corrected chi connectivity index (χ0v) is 11.2. The molecule has 0 saturated heterocycles. The lowest BCUT2D eigenvalue weighted by Gasteiger charge is -2.07. The summed E-state index contributed by atoms with van der Waals surface area (Å²) in [6.07, 6.45) is 1.75. The first-order valence-electron chi connectivity index (χ1n) is 6.07. The van der Waals surface area contributed by atoms with Crippen molar-refractivity contribution in [1.29, 1.82) is 0 Å². The predicted octanol–water partition coefficient (Wildman–Crippen LogP) is 4.07. The van der Waals surface area contributed by atoms with E-state index >= 15 is 0 Å². The van der Waals surface area contributed by atoms with Crippen LogP contribution in [0.15, 0.2) is 42.5 Å². The highest BCUT2D eigenvalue weighted by atomic mass is 35.5. The van der Waals surface area contributed by atoms with Crippen LogP contribution in [0.25, 0.3) is 0 Å². The van der Waals surface area contributed by atoms with Gasteiger partial charge in [0.1, 0.15) is 11.6 Å². The number of hydrogen-bond donors (Lipinski definition) is 1. The van der Waals surface area contributed by atoms with E-state index in [9.17, 15) is 4.39 Å². The van der Waals surface area contributed by atoms with Crippen LogP contribution in [0.3, 0.4) is 0 Å². The molecule has 0 bridgehead atoms. The highest BCUT2D eigenvalue weighted by Gasteiger charge is 2.01. The molecule has 0 atom stereocenters. The Hall–Kier alpha value is -1.74. The van der Waals surface area contributed by atoms with Crippen molar-refractivity contribution in [3.8, 4) is 5.75 Å². The SMILES string of the molecule is Nc1cccc(CCCOc2ccc(F)c(Cl)c2)c1. The molecular weight excluding hydrogens is 265 g/mol. The zero-order valence-electron chi connectivity index (χ0n) is 10.4. The summed E-state index contributed by atoms with van der Waals surface area (Å²) >= 11 is 5.67. The molecule has 0 radical (unpaired) electrons. The van der Waals surface area contributed by atoms with Gasteiger partial charge in [-0.15, -0.1) is 0 Å². The minimum Gasteiger partial charge on any atom is -0.494 e. The van der Waals surface area contributed by atoms with E-state index in [4.69, 9.17) is 22.1 Å². The molecule has 100 valence electrons. The molecular formula is C15H15ClFNO. The van der Waals surface area contributed by atoms with E-state index in [1.54, 1.807) is 6.07 Å². The molecule has 2 N–H and O–H groups in total. The number of ether oxygens (including phenoxy) is 1. The van der Waals surface area contributed by atoms with E-state index in [1.165, 1.54) is 17.7 Å². The molecule has 0 aliphatic heterocycles. The lowest BCUT2D eigenvalue weighted by atomic mass is 10.1. The van der Waals surface area contributed by atoms with Crippen LogP contribution >= 0.6 is 11.6 Å². The first-order valence-corrected chi connectivity index (χ1v) is 6.45. The summed E-state index contributed by atoms with van der Waals surface area (Å²) in [5.41, 5.74) is 7.65. The number of aryl methyl sites for hydroxylation is 1. The Morgan fingerprint density at radius 3 is 2.74 bits per heavy atom. The van der Waals surface area contributed by atoms with Crippen LogP contribution in [0.4, 0.5) is 10.1 Å². The van der Waals surface area contributed by atoms with Gasteiger partial charge in [-0.05, 0) is 42.7 Å². The van der Waals surface area contributed by atoms with Crippen LogP contribution in [0, 0.1) is 5.82 Å². The maximum absolute atomic E-state index is 12.9. The Kier molecular flexibility index (Phi) is 4.63. The maximum Gasteiger partial charge on any atom is 0.142 e. The normalized spacial score (nSPS) is 10.4. The third-order valence-electron chi connectivity index (χ3n) is 2.72. The van der Waals surface area contributed by atoms with Crippen molar-refractivity contribution in [2.45, 2.75) is 12.8 Å². The van der Waals surface area contributed by atoms with Crippen molar-refractivity contribution in [1.82, 2.24) is 0 Å². The summed E-state index contributed by atoms with van der Waals surface area (Å²) < 4.78 is 18.5. The van der Waals surface area contributed by atoms with Crippen LogP contribution in [-0.4, -0.2) is 6.61 Å². The summed E-state index contributed by atoms with van der Waals surface area (Å²) in [4.78, 5) is 0. The Morgan fingerprint density at radius 1 is 1.16 bits per heavy atom. The van der Waals surface area contributed by atoms with Gasteiger partial charge in [-0.3, -0.25) is 0 Å². The number of nitrogen functional groups attached to an aromatic ring is 1. The lowest BCUT2D eigenvalue weighted by molar-refractivity contribution is 0.310. The summed E-state index contributed by atoms with van der Waals surface area (Å²) in [6, 6.07) is 12.1. The Bertz CT molecular complexity index is 560. The maximum atomic E-state index is 12.9. The monoisotopic (exact) mass is 279 g/mol. The number of halogens is 2. The summed E-state index contributed by atoms with van der Waals surface area (Å²) in [5, 5.41) is 0.0772. The highest BCUT2D eigenvalue weighted by Crippen LogP contribution is 2.21. The number of hydrogen-bond acceptors (Lipinski definition) is 2. The van der Waals surface area contributed by atoms with Crippen molar-refractivity contribution in [2.75, 3.05) is 12.3 Å². The molecule has 0 saturated carbocycles. The van der Waals surface area contributed by atoms with Gasteiger partial charge in [0.15, 0.2) is 0 Å². The van der Waals surface area contributed by atoms with Gasteiger partial charge in [-0.1, -0.05) is 23.7 Å². The van der Waals surface area contributed by atoms with Crippen molar-refractivity contribution < 1.29 is 9.13 Å². The average Bonchev–Trinajstić information content (AvgIpc) is 2.39. The number of rotatable bonds is 5. The predicted molar refractivity (Wildman–Crippen MR) is 76.1 cm³/mol. The van der Waals surface area contributed by atoms with Crippen LogP contribution in [-0.2, 0) is 6.42 Å². The Labute approximate surface area is 117 Å². The second-order valence-corrected chi connectivity index (χ2v) is 4.68. The minimum atomic E-state index is -0.436. The van der Waals surface area contributed by atoms with Gasteiger partial charge >= 0.3 is 0 Å². The third kappa shape index (κ3) is 4.14. The molecule has 2 rings (SSSR count). The number of nitrogens with two attached hydrogens (primary N) is 1. The summed E-state index contributed by atoms with van der Waals surface area (Å²) in [6.45, 7) is 0.552. The summed E-state index contributed by atoms with van der Waals surface area (Å²) in [7, 11) is 0. The first-order chi connectivity index (χ1) is 9.15. The number of anilines is 1. The van der Waals surface area contributed by atoms with Gasteiger partial charge in [0, 0.05) is 11.8 Å². The Morgan fingerprint density at radius 2 is 2.00 bits per heavy atom. The molecule has 0 unspecified atom stereocenters. The van der Waals surface area contributed by atoms with Crippen molar-refractivity contribution in [2.24, 2.45) is 0 Å². The van der Waals surface area contributed by atoms with Gasteiger partial charge in [-0.2, -0.15) is 0 Å². The van der Waals surface area contributed by atoms with Gasteiger partial charge in [0.25, 0.3) is 0 Å². The fraction of sp³-hybridized carbons (Fsp3) is 0.200. The topological polar surface area (TPSA) is 35.2 Å². The molecule has 19 heavy (non-hydrogen) atoms. The molecule has 2 aromatic carbocycles. The zero-order chi connectivity index (χ0) is 13.7. The molecule has 2 aromatic rings. The fourth-order valence-electron chi connectivity index (χ4n) is 1.78. The average molecular weight is 280 g/mol. The molecule has 0 spiro atoms. The molecule has 2 nitrogen and oxygen atoms in total. The second-order valence-electron chi connectivity index (χ2n) is 4.27. The van der Waals surface area contributed by atoms with E-state index in [-0.39, 0.29) is 5.02 Å². The van der Waals surface area contributed by atoms with Gasteiger partial charge in [0.05, 0.1) is 11.6 Å². The third-order valence-corrected chi connectivity index (χ3v) is 3.01. The second kappa shape index (κ2) is 6.43. The van der Waals surface area contributed by atoms with E-state index in [2.05, 4.69) is 0 Å². The van der Waals surface area contributed by atoms with E-state index in [0.717, 1.165) is 18.5 Å². The molecule has 0 aliphatic carbocycles. The van der Waals surface area contributed by atoms with Crippen molar-refractivity contribution >= 4 is 17.3 Å². The molecule has 0 fully saturated rings. The van der Waals surface area contributed by atoms with Crippen molar-refractivity contribution in [3.05, 3.63) is 58.9 Å². The largest absolute Gasteiger partial charge is 0.494 e.